The number of carbonyl (C=O) groups excluding carboxylic acids is 2. The summed E-state index contributed by atoms with van der Waals surface area (Å²) in [7, 11) is 0. The molecule has 3 rings (SSSR count). The van der Waals surface area contributed by atoms with Crippen molar-refractivity contribution in [2.75, 3.05) is 17.2 Å². The molecular weight excluding hydrogens is 273 g/mol. The molecule has 1 aromatic rings. The zero-order valence-electron chi connectivity index (χ0n) is 11.7. The minimum absolute atomic E-state index is 0.0819. The molecule has 5 nitrogen and oxygen atoms in total. The standard InChI is InChI=1S/C15H18FN3O2/c16-11-6-9-3-4-14(20)18-12(9)8-13(11)19-15(21)7-10-2-1-5-17-10/h6,8,10,17H,1-5,7H2,(H,18,20)(H,19,21). The molecule has 1 saturated heterocycles. The van der Waals surface area contributed by atoms with Crippen molar-refractivity contribution in [1.82, 2.24) is 5.32 Å². The van der Waals surface area contributed by atoms with Gasteiger partial charge in [0, 0.05) is 24.6 Å². The molecule has 2 amide bonds. The maximum atomic E-state index is 14.0. The summed E-state index contributed by atoms with van der Waals surface area (Å²) in [6.45, 7) is 0.928. The average Bonchev–Trinajstić information content (AvgIpc) is 2.93. The highest BCUT2D eigenvalue weighted by molar-refractivity contribution is 5.96. The van der Waals surface area contributed by atoms with Crippen LogP contribution in [0.5, 0.6) is 0 Å². The molecule has 2 aliphatic rings. The van der Waals surface area contributed by atoms with Crippen LogP contribution in [0.2, 0.25) is 0 Å². The number of anilines is 2. The molecule has 0 aliphatic carbocycles. The fraction of sp³-hybridized carbons (Fsp3) is 0.467. The molecule has 21 heavy (non-hydrogen) atoms. The predicted octanol–water partition coefficient (Wildman–Crippen LogP) is 1.79. The van der Waals surface area contributed by atoms with Gasteiger partial charge in [-0.1, -0.05) is 0 Å². The first-order valence-corrected chi connectivity index (χ1v) is 7.27. The molecule has 0 radical (unpaired) electrons. The SMILES string of the molecule is O=C(CC1CCCN1)Nc1cc2c(cc1F)CCC(=O)N2. The minimum Gasteiger partial charge on any atom is -0.326 e. The monoisotopic (exact) mass is 291 g/mol. The number of amides is 2. The molecule has 1 atom stereocenters. The van der Waals surface area contributed by atoms with Gasteiger partial charge in [-0.3, -0.25) is 9.59 Å². The van der Waals surface area contributed by atoms with Crippen LogP contribution < -0.4 is 16.0 Å². The van der Waals surface area contributed by atoms with E-state index in [2.05, 4.69) is 16.0 Å². The fourth-order valence-electron chi connectivity index (χ4n) is 2.85. The van der Waals surface area contributed by atoms with E-state index in [9.17, 15) is 14.0 Å². The van der Waals surface area contributed by atoms with Gasteiger partial charge < -0.3 is 16.0 Å². The number of hydrogen-bond donors (Lipinski definition) is 3. The van der Waals surface area contributed by atoms with E-state index in [1.165, 1.54) is 12.1 Å². The lowest BCUT2D eigenvalue weighted by Crippen LogP contribution is -2.28. The normalized spacial score (nSPS) is 20.8. The van der Waals surface area contributed by atoms with Crippen molar-refractivity contribution >= 4 is 23.2 Å². The lowest BCUT2D eigenvalue weighted by molar-refractivity contribution is -0.117. The Morgan fingerprint density at radius 3 is 3.00 bits per heavy atom. The Hall–Kier alpha value is -1.95. The third kappa shape index (κ3) is 3.21. The maximum absolute atomic E-state index is 14.0. The number of aryl methyl sites for hydroxylation is 1. The number of carbonyl (C=O) groups is 2. The molecule has 0 saturated carbocycles. The molecular formula is C15H18FN3O2. The Labute approximate surface area is 122 Å². The van der Waals surface area contributed by atoms with Crippen LogP contribution in [0.15, 0.2) is 12.1 Å². The van der Waals surface area contributed by atoms with Crippen molar-refractivity contribution in [1.29, 1.82) is 0 Å². The van der Waals surface area contributed by atoms with Crippen molar-refractivity contribution < 1.29 is 14.0 Å². The van der Waals surface area contributed by atoms with Crippen LogP contribution >= 0.6 is 0 Å². The Balaban J connectivity index is 1.71. The van der Waals surface area contributed by atoms with E-state index in [1.54, 1.807) is 0 Å². The molecule has 112 valence electrons. The summed E-state index contributed by atoms with van der Waals surface area (Å²) in [4.78, 5) is 23.3. The van der Waals surface area contributed by atoms with Crippen LogP contribution in [0.25, 0.3) is 0 Å². The maximum Gasteiger partial charge on any atom is 0.226 e. The van der Waals surface area contributed by atoms with Gasteiger partial charge in [0.25, 0.3) is 0 Å². The largest absolute Gasteiger partial charge is 0.326 e. The molecule has 0 spiro atoms. The second kappa shape index (κ2) is 5.81. The quantitative estimate of drug-likeness (QED) is 0.795. The van der Waals surface area contributed by atoms with Crippen molar-refractivity contribution in [3.05, 3.63) is 23.5 Å². The highest BCUT2D eigenvalue weighted by Crippen LogP contribution is 2.28. The molecule has 0 aromatic heterocycles. The molecule has 3 N–H and O–H groups in total. The van der Waals surface area contributed by atoms with E-state index < -0.39 is 5.82 Å². The Morgan fingerprint density at radius 2 is 2.24 bits per heavy atom. The van der Waals surface area contributed by atoms with Gasteiger partial charge in [-0.05, 0) is 43.5 Å². The van der Waals surface area contributed by atoms with E-state index >= 15 is 0 Å². The van der Waals surface area contributed by atoms with E-state index in [-0.39, 0.29) is 23.5 Å². The number of nitrogens with one attached hydrogen (secondary N) is 3. The van der Waals surface area contributed by atoms with Crippen molar-refractivity contribution in [3.8, 4) is 0 Å². The van der Waals surface area contributed by atoms with Crippen LogP contribution in [0.1, 0.15) is 31.2 Å². The van der Waals surface area contributed by atoms with Crippen molar-refractivity contribution in [2.45, 2.75) is 38.1 Å². The Bertz CT molecular complexity index is 583. The second-order valence-corrected chi connectivity index (χ2v) is 5.58. The third-order valence-corrected chi connectivity index (χ3v) is 3.96. The zero-order chi connectivity index (χ0) is 14.8. The van der Waals surface area contributed by atoms with E-state index in [0.29, 0.717) is 24.9 Å². The lowest BCUT2D eigenvalue weighted by atomic mass is 10.0. The summed E-state index contributed by atoms with van der Waals surface area (Å²) < 4.78 is 14.0. The van der Waals surface area contributed by atoms with Gasteiger partial charge in [0.15, 0.2) is 0 Å². The zero-order valence-corrected chi connectivity index (χ0v) is 11.7. The van der Waals surface area contributed by atoms with Crippen LogP contribution in [0.3, 0.4) is 0 Å². The predicted molar refractivity (Wildman–Crippen MR) is 77.6 cm³/mol. The number of fused-ring (bicyclic) bond motifs is 1. The minimum atomic E-state index is -0.461. The van der Waals surface area contributed by atoms with Gasteiger partial charge in [-0.2, -0.15) is 0 Å². The molecule has 2 aliphatic heterocycles. The molecule has 1 unspecified atom stereocenters. The lowest BCUT2D eigenvalue weighted by Gasteiger charge is -2.19. The van der Waals surface area contributed by atoms with E-state index in [0.717, 1.165) is 24.9 Å². The van der Waals surface area contributed by atoms with E-state index in [1.807, 2.05) is 0 Å². The summed E-state index contributed by atoms with van der Waals surface area (Å²) in [5, 5.41) is 8.53. The molecule has 1 fully saturated rings. The van der Waals surface area contributed by atoms with Gasteiger partial charge in [0.2, 0.25) is 11.8 Å². The highest BCUT2D eigenvalue weighted by Gasteiger charge is 2.21. The van der Waals surface area contributed by atoms with Crippen LogP contribution in [0, 0.1) is 5.82 Å². The van der Waals surface area contributed by atoms with Gasteiger partial charge in [-0.15, -0.1) is 0 Å². The first-order chi connectivity index (χ1) is 10.1. The average molecular weight is 291 g/mol. The number of benzene rings is 1. The first kappa shape index (κ1) is 14.0. The number of hydrogen-bond acceptors (Lipinski definition) is 3. The van der Waals surface area contributed by atoms with Crippen molar-refractivity contribution in [2.24, 2.45) is 0 Å². The van der Waals surface area contributed by atoms with Crippen LogP contribution in [-0.4, -0.2) is 24.4 Å². The van der Waals surface area contributed by atoms with Gasteiger partial charge in [0.1, 0.15) is 5.82 Å². The molecule has 1 aromatic carbocycles. The summed E-state index contributed by atoms with van der Waals surface area (Å²) in [6.07, 6.45) is 3.26. The molecule has 0 bridgehead atoms. The second-order valence-electron chi connectivity index (χ2n) is 5.58. The summed E-state index contributed by atoms with van der Waals surface area (Å²) in [5.74, 6) is -0.755. The summed E-state index contributed by atoms with van der Waals surface area (Å²) in [6, 6.07) is 3.06. The van der Waals surface area contributed by atoms with Gasteiger partial charge in [0.05, 0.1) is 5.69 Å². The number of halogens is 1. The molecule has 6 heteroatoms. The smallest absolute Gasteiger partial charge is 0.226 e. The van der Waals surface area contributed by atoms with Crippen molar-refractivity contribution in [3.63, 3.8) is 0 Å². The van der Waals surface area contributed by atoms with Gasteiger partial charge in [-0.25, -0.2) is 4.39 Å². The summed E-state index contributed by atoms with van der Waals surface area (Å²) >= 11 is 0. The Kier molecular flexibility index (Phi) is 3.88. The number of rotatable bonds is 3. The van der Waals surface area contributed by atoms with E-state index in [4.69, 9.17) is 0 Å². The topological polar surface area (TPSA) is 70.2 Å². The Morgan fingerprint density at radius 1 is 1.38 bits per heavy atom. The van der Waals surface area contributed by atoms with Crippen LogP contribution in [-0.2, 0) is 16.0 Å². The van der Waals surface area contributed by atoms with Gasteiger partial charge >= 0.3 is 0 Å². The molecule has 2 heterocycles. The summed E-state index contributed by atoms with van der Waals surface area (Å²) in [5.41, 5.74) is 1.48. The van der Waals surface area contributed by atoms with Crippen LogP contribution in [0.4, 0.5) is 15.8 Å². The highest BCUT2D eigenvalue weighted by atomic mass is 19.1. The first-order valence-electron chi connectivity index (χ1n) is 7.27. The third-order valence-electron chi connectivity index (χ3n) is 3.96. The fourth-order valence-corrected chi connectivity index (χ4v) is 2.85.